The summed E-state index contributed by atoms with van der Waals surface area (Å²) in [7, 11) is 0. The summed E-state index contributed by atoms with van der Waals surface area (Å²) in [4.78, 5) is 15.6. The molecule has 1 aliphatic rings. The van der Waals surface area contributed by atoms with Crippen LogP contribution >= 0.6 is 0 Å². The Morgan fingerprint density at radius 2 is 1.65 bits per heavy atom. The number of allylic oxidation sites excluding steroid dienone is 1. The van der Waals surface area contributed by atoms with Crippen molar-refractivity contribution < 1.29 is 0 Å². The van der Waals surface area contributed by atoms with Gasteiger partial charge in [0.05, 0.1) is 0 Å². The minimum absolute atomic E-state index is 0.205. The molecule has 1 aliphatic carbocycles. The van der Waals surface area contributed by atoms with Gasteiger partial charge in [0, 0.05) is 11.3 Å². The van der Waals surface area contributed by atoms with Crippen molar-refractivity contribution in [2.24, 2.45) is 0 Å². The summed E-state index contributed by atoms with van der Waals surface area (Å²) < 4.78 is 0. The number of H-pyrrole nitrogens is 1. The molecule has 3 heteroatoms. The Balaban J connectivity index is 1.97. The van der Waals surface area contributed by atoms with Crippen LogP contribution in [0.1, 0.15) is 35.2 Å². The Kier molecular flexibility index (Phi) is 4.25. The lowest BCUT2D eigenvalue weighted by atomic mass is 9.84. The number of benzene rings is 2. The van der Waals surface area contributed by atoms with Crippen LogP contribution in [0.3, 0.4) is 0 Å². The number of nitrogens with one attached hydrogen (secondary N) is 1. The quantitative estimate of drug-likeness (QED) is 0.730. The van der Waals surface area contributed by atoms with Gasteiger partial charge in [-0.1, -0.05) is 60.7 Å². The van der Waals surface area contributed by atoms with Crippen LogP contribution in [0.4, 0.5) is 0 Å². The van der Waals surface area contributed by atoms with Crippen molar-refractivity contribution in [1.82, 2.24) is 4.98 Å². The van der Waals surface area contributed by atoms with E-state index in [0.29, 0.717) is 0 Å². The zero-order valence-electron chi connectivity index (χ0n) is 14.3. The Morgan fingerprint density at radius 3 is 2.35 bits per heavy atom. The van der Waals surface area contributed by atoms with E-state index in [0.717, 1.165) is 52.8 Å². The number of hydrogen-bond donors (Lipinski definition) is 1. The van der Waals surface area contributed by atoms with Crippen LogP contribution < -0.4 is 5.56 Å². The predicted molar refractivity (Wildman–Crippen MR) is 104 cm³/mol. The molecule has 4 rings (SSSR count). The van der Waals surface area contributed by atoms with Crippen LogP contribution in [-0.4, -0.2) is 4.98 Å². The van der Waals surface area contributed by atoms with E-state index in [-0.39, 0.29) is 11.1 Å². The van der Waals surface area contributed by atoms with E-state index in [1.807, 2.05) is 48.5 Å². The molecule has 1 aromatic heterocycles. The lowest BCUT2D eigenvalue weighted by Gasteiger charge is -2.22. The summed E-state index contributed by atoms with van der Waals surface area (Å²) in [5.41, 5.74) is 5.78. The second kappa shape index (κ2) is 6.85. The van der Waals surface area contributed by atoms with Crippen LogP contribution in [0.25, 0.3) is 22.8 Å². The van der Waals surface area contributed by atoms with Gasteiger partial charge in [-0.15, -0.1) is 0 Å². The molecule has 0 saturated heterocycles. The van der Waals surface area contributed by atoms with Gasteiger partial charge in [-0.25, -0.2) is 0 Å². The van der Waals surface area contributed by atoms with Gasteiger partial charge in [-0.2, -0.15) is 5.26 Å². The fourth-order valence-corrected chi connectivity index (χ4v) is 3.67. The van der Waals surface area contributed by atoms with Gasteiger partial charge in [0.1, 0.15) is 11.6 Å². The first-order valence-corrected chi connectivity index (χ1v) is 8.78. The van der Waals surface area contributed by atoms with E-state index in [9.17, 15) is 10.1 Å². The number of hydrogen-bond acceptors (Lipinski definition) is 2. The smallest absolute Gasteiger partial charge is 0.266 e. The molecule has 3 aromatic rings. The summed E-state index contributed by atoms with van der Waals surface area (Å²) in [6.45, 7) is 0. The highest BCUT2D eigenvalue weighted by atomic mass is 16.1. The molecule has 0 saturated carbocycles. The largest absolute Gasteiger partial charge is 0.321 e. The molecule has 0 radical (unpaired) electrons. The highest BCUT2D eigenvalue weighted by Crippen LogP contribution is 2.37. The lowest BCUT2D eigenvalue weighted by Crippen LogP contribution is -2.19. The van der Waals surface area contributed by atoms with Gasteiger partial charge in [0.15, 0.2) is 0 Å². The van der Waals surface area contributed by atoms with Gasteiger partial charge in [-0.3, -0.25) is 4.79 Å². The normalized spacial score (nSPS) is 14.7. The second-order valence-electron chi connectivity index (χ2n) is 6.47. The summed E-state index contributed by atoms with van der Waals surface area (Å²) in [5, 5.41) is 9.58. The van der Waals surface area contributed by atoms with Gasteiger partial charge in [0.25, 0.3) is 5.56 Å². The minimum atomic E-state index is -0.314. The Morgan fingerprint density at radius 1 is 0.962 bits per heavy atom. The van der Waals surface area contributed by atoms with Gasteiger partial charge in [-0.05, 0) is 47.6 Å². The molecule has 3 nitrogen and oxygen atoms in total. The number of nitrogens with zero attached hydrogens (tertiary/aromatic N) is 1. The average molecular weight is 338 g/mol. The molecular weight excluding hydrogens is 320 g/mol. The Labute approximate surface area is 152 Å². The van der Waals surface area contributed by atoms with E-state index in [1.165, 1.54) is 0 Å². The Bertz CT molecular complexity index is 1070. The molecule has 1 heterocycles. The first-order valence-electron chi connectivity index (χ1n) is 8.78. The van der Waals surface area contributed by atoms with Crippen molar-refractivity contribution in [2.45, 2.75) is 19.3 Å². The van der Waals surface area contributed by atoms with Crippen molar-refractivity contribution >= 4 is 11.6 Å². The third-order valence-electron chi connectivity index (χ3n) is 4.83. The molecule has 0 fully saturated rings. The van der Waals surface area contributed by atoms with E-state index in [2.05, 4.69) is 29.3 Å². The minimum Gasteiger partial charge on any atom is -0.321 e. The third-order valence-corrected chi connectivity index (χ3v) is 4.83. The third kappa shape index (κ3) is 2.87. The zero-order valence-corrected chi connectivity index (χ0v) is 14.3. The summed E-state index contributed by atoms with van der Waals surface area (Å²) in [6, 6.07) is 22.0. The molecule has 0 amide bonds. The van der Waals surface area contributed by atoms with Crippen LogP contribution in [0.2, 0.25) is 0 Å². The van der Waals surface area contributed by atoms with Crippen molar-refractivity contribution in [2.75, 3.05) is 0 Å². The van der Waals surface area contributed by atoms with Crippen LogP contribution in [0.15, 0.2) is 65.5 Å². The maximum Gasteiger partial charge on any atom is 0.266 e. The SMILES string of the molecule is N#Cc1c(-c2ccccc2)c2c([nH]c1=O)/C(=C/c1ccccc1)CCC2. The van der Waals surface area contributed by atoms with Crippen molar-refractivity contribution in [1.29, 1.82) is 5.26 Å². The van der Waals surface area contributed by atoms with Crippen LogP contribution in [-0.2, 0) is 6.42 Å². The Hall–Kier alpha value is -3.38. The summed E-state index contributed by atoms with van der Waals surface area (Å²) >= 11 is 0. The monoisotopic (exact) mass is 338 g/mol. The number of aromatic amines is 1. The van der Waals surface area contributed by atoms with Crippen LogP contribution in [0, 0.1) is 11.3 Å². The van der Waals surface area contributed by atoms with E-state index >= 15 is 0 Å². The van der Waals surface area contributed by atoms with E-state index < -0.39 is 0 Å². The lowest BCUT2D eigenvalue weighted by molar-refractivity contribution is 0.809. The predicted octanol–water partition coefficient (Wildman–Crippen LogP) is 4.79. The number of aromatic nitrogens is 1. The van der Waals surface area contributed by atoms with Gasteiger partial charge >= 0.3 is 0 Å². The average Bonchev–Trinajstić information content (AvgIpc) is 2.69. The highest BCUT2D eigenvalue weighted by Gasteiger charge is 2.23. The molecule has 1 N–H and O–H groups in total. The summed E-state index contributed by atoms with van der Waals surface area (Å²) in [6.07, 6.45) is 4.91. The first-order chi connectivity index (χ1) is 12.8. The van der Waals surface area contributed by atoms with E-state index in [4.69, 9.17) is 0 Å². The number of pyridine rings is 1. The fourth-order valence-electron chi connectivity index (χ4n) is 3.67. The van der Waals surface area contributed by atoms with Crippen molar-refractivity contribution in [3.05, 3.63) is 93.4 Å². The molecule has 0 bridgehead atoms. The maximum atomic E-state index is 12.6. The second-order valence-corrected chi connectivity index (χ2v) is 6.47. The molecule has 0 aliphatic heterocycles. The standard InChI is InChI=1S/C23H18N2O/c24-15-20-21(17-10-5-2-6-11-17)19-13-7-12-18(22(19)25-23(20)26)14-16-8-3-1-4-9-16/h1-6,8-11,14H,7,12-13H2,(H,25,26)/b18-14+. The highest BCUT2D eigenvalue weighted by molar-refractivity contribution is 5.86. The molecule has 0 atom stereocenters. The molecule has 26 heavy (non-hydrogen) atoms. The molecular formula is C23H18N2O. The molecule has 0 unspecified atom stereocenters. The maximum absolute atomic E-state index is 12.6. The molecule has 0 spiro atoms. The number of nitriles is 1. The van der Waals surface area contributed by atoms with Crippen molar-refractivity contribution in [3.63, 3.8) is 0 Å². The van der Waals surface area contributed by atoms with Crippen molar-refractivity contribution in [3.8, 4) is 17.2 Å². The fraction of sp³-hybridized carbons (Fsp3) is 0.130. The molecule has 126 valence electrons. The van der Waals surface area contributed by atoms with Gasteiger partial charge < -0.3 is 4.98 Å². The number of rotatable bonds is 2. The number of fused-ring (bicyclic) bond motifs is 1. The van der Waals surface area contributed by atoms with E-state index in [1.54, 1.807) is 0 Å². The van der Waals surface area contributed by atoms with Gasteiger partial charge in [0.2, 0.25) is 0 Å². The zero-order chi connectivity index (χ0) is 17.9. The first kappa shape index (κ1) is 16.1. The van der Waals surface area contributed by atoms with Crippen LogP contribution in [0.5, 0.6) is 0 Å². The topological polar surface area (TPSA) is 56.6 Å². The molecule has 2 aromatic carbocycles. The summed E-state index contributed by atoms with van der Waals surface area (Å²) in [5.74, 6) is 0.